The van der Waals surface area contributed by atoms with Gasteiger partial charge in [-0.05, 0) is 19.4 Å². The molecule has 1 aromatic heterocycles. The first-order valence-electron chi connectivity index (χ1n) is 3.60. The summed E-state index contributed by atoms with van der Waals surface area (Å²) in [6, 6.07) is 1.96. The number of hydrogen-bond acceptors (Lipinski definition) is 3. The average molecular weight is 159 g/mol. The molecular formula is C9H9N3. The lowest BCUT2D eigenvalue weighted by Crippen LogP contribution is -1.92. The van der Waals surface area contributed by atoms with Crippen molar-refractivity contribution in [2.45, 2.75) is 13.8 Å². The van der Waals surface area contributed by atoms with Crippen LogP contribution in [0.2, 0.25) is 0 Å². The number of nitrogens with zero attached hydrogens (tertiary/aromatic N) is 3. The summed E-state index contributed by atoms with van der Waals surface area (Å²) < 4.78 is 0. The highest BCUT2D eigenvalue weighted by Gasteiger charge is 2.00. The number of nitriles is 1. The second-order valence-corrected chi connectivity index (χ2v) is 2.45. The molecule has 3 heteroatoms. The van der Waals surface area contributed by atoms with Crippen LogP contribution >= 0.6 is 0 Å². The summed E-state index contributed by atoms with van der Waals surface area (Å²) >= 11 is 0. The second kappa shape index (κ2) is 3.63. The fraction of sp³-hybridized carbons (Fsp3) is 0.222. The van der Waals surface area contributed by atoms with Gasteiger partial charge in [0.1, 0.15) is 0 Å². The van der Waals surface area contributed by atoms with Gasteiger partial charge < -0.3 is 0 Å². The Morgan fingerprint density at radius 1 is 1.50 bits per heavy atom. The van der Waals surface area contributed by atoms with Gasteiger partial charge in [-0.2, -0.15) is 5.26 Å². The highest BCUT2D eigenvalue weighted by Crippen LogP contribution is 2.11. The Hall–Kier alpha value is -1.69. The smallest absolute Gasteiger partial charge is 0.0915 e. The van der Waals surface area contributed by atoms with Crippen molar-refractivity contribution in [3.05, 3.63) is 29.9 Å². The largest absolute Gasteiger partial charge is 0.258 e. The third-order valence-electron chi connectivity index (χ3n) is 1.54. The lowest BCUT2D eigenvalue weighted by atomic mass is 10.1. The van der Waals surface area contributed by atoms with E-state index in [1.54, 1.807) is 12.4 Å². The zero-order valence-electron chi connectivity index (χ0n) is 7.07. The first-order valence-corrected chi connectivity index (χ1v) is 3.60. The molecule has 1 rings (SSSR count). The lowest BCUT2D eigenvalue weighted by Gasteiger charge is -2.00. The molecule has 0 unspecified atom stereocenters. The molecule has 0 fully saturated rings. The maximum atomic E-state index is 8.41. The fourth-order valence-corrected chi connectivity index (χ4v) is 0.960. The summed E-state index contributed by atoms with van der Waals surface area (Å²) in [6.45, 7) is 3.72. The van der Waals surface area contributed by atoms with Crippen LogP contribution in [0.3, 0.4) is 0 Å². The molecule has 0 saturated carbocycles. The van der Waals surface area contributed by atoms with E-state index in [9.17, 15) is 0 Å². The van der Waals surface area contributed by atoms with Crippen molar-refractivity contribution < 1.29 is 0 Å². The van der Waals surface area contributed by atoms with Crippen LogP contribution in [-0.2, 0) is 0 Å². The van der Waals surface area contributed by atoms with Gasteiger partial charge in [-0.1, -0.05) is 0 Å². The standard InChI is InChI=1S/C9H9N3/c1-7(3-4-10)9-8(2)11-5-6-12-9/h3,5-6H,1-2H3. The Morgan fingerprint density at radius 3 is 2.75 bits per heavy atom. The molecule has 1 aromatic rings. The molecule has 0 aromatic carbocycles. The van der Waals surface area contributed by atoms with Crippen molar-refractivity contribution in [2.24, 2.45) is 0 Å². The van der Waals surface area contributed by atoms with Gasteiger partial charge in [-0.3, -0.25) is 9.97 Å². The van der Waals surface area contributed by atoms with Crippen molar-refractivity contribution in [1.29, 1.82) is 5.26 Å². The molecule has 0 amide bonds. The highest BCUT2D eigenvalue weighted by atomic mass is 14.8. The first-order chi connectivity index (χ1) is 5.75. The van der Waals surface area contributed by atoms with E-state index in [0.29, 0.717) is 0 Å². The Balaban J connectivity index is 3.13. The molecule has 0 spiro atoms. The van der Waals surface area contributed by atoms with Crippen LogP contribution in [0.4, 0.5) is 0 Å². The molecule has 0 radical (unpaired) electrons. The average Bonchev–Trinajstić information content (AvgIpc) is 2.05. The van der Waals surface area contributed by atoms with Crippen LogP contribution < -0.4 is 0 Å². The molecule has 1 heterocycles. The molecule has 0 aliphatic carbocycles. The maximum Gasteiger partial charge on any atom is 0.0915 e. The summed E-state index contributed by atoms with van der Waals surface area (Å²) in [4.78, 5) is 8.18. The molecule has 0 saturated heterocycles. The summed E-state index contributed by atoms with van der Waals surface area (Å²) in [6.07, 6.45) is 4.73. The van der Waals surface area contributed by atoms with Crippen molar-refractivity contribution in [1.82, 2.24) is 9.97 Å². The first kappa shape index (κ1) is 8.41. The predicted molar refractivity (Wildman–Crippen MR) is 46.0 cm³/mol. The van der Waals surface area contributed by atoms with Crippen LogP contribution in [0.25, 0.3) is 5.57 Å². The van der Waals surface area contributed by atoms with E-state index in [0.717, 1.165) is 17.0 Å². The van der Waals surface area contributed by atoms with Gasteiger partial charge in [-0.15, -0.1) is 0 Å². The van der Waals surface area contributed by atoms with Gasteiger partial charge >= 0.3 is 0 Å². The zero-order valence-corrected chi connectivity index (χ0v) is 7.07. The van der Waals surface area contributed by atoms with E-state index in [1.807, 2.05) is 19.9 Å². The summed E-state index contributed by atoms with van der Waals surface area (Å²) in [5.41, 5.74) is 2.49. The Labute approximate surface area is 71.4 Å². The maximum absolute atomic E-state index is 8.41. The zero-order chi connectivity index (χ0) is 8.97. The van der Waals surface area contributed by atoms with Gasteiger partial charge in [-0.25, -0.2) is 0 Å². The third kappa shape index (κ3) is 1.67. The van der Waals surface area contributed by atoms with Crippen LogP contribution in [0.5, 0.6) is 0 Å². The van der Waals surface area contributed by atoms with Crippen LogP contribution in [0.1, 0.15) is 18.3 Å². The number of aromatic nitrogens is 2. The quantitative estimate of drug-likeness (QED) is 0.586. The normalized spacial score (nSPS) is 10.9. The molecule has 3 nitrogen and oxygen atoms in total. The van der Waals surface area contributed by atoms with E-state index in [-0.39, 0.29) is 0 Å². The van der Waals surface area contributed by atoms with Gasteiger partial charge in [0.15, 0.2) is 0 Å². The van der Waals surface area contributed by atoms with Crippen molar-refractivity contribution in [2.75, 3.05) is 0 Å². The van der Waals surface area contributed by atoms with Gasteiger partial charge in [0, 0.05) is 18.5 Å². The monoisotopic (exact) mass is 159 g/mol. The van der Waals surface area contributed by atoms with Gasteiger partial charge in [0.2, 0.25) is 0 Å². The molecule has 60 valence electrons. The number of rotatable bonds is 1. The highest BCUT2D eigenvalue weighted by molar-refractivity contribution is 5.63. The van der Waals surface area contributed by atoms with Crippen LogP contribution in [-0.4, -0.2) is 9.97 Å². The van der Waals surface area contributed by atoms with E-state index in [4.69, 9.17) is 5.26 Å². The van der Waals surface area contributed by atoms with Gasteiger partial charge in [0.05, 0.1) is 17.5 Å². The van der Waals surface area contributed by atoms with Crippen LogP contribution in [0.15, 0.2) is 18.5 Å². The van der Waals surface area contributed by atoms with E-state index >= 15 is 0 Å². The summed E-state index contributed by atoms with van der Waals surface area (Å²) in [5, 5.41) is 8.41. The summed E-state index contributed by atoms with van der Waals surface area (Å²) in [5.74, 6) is 0. The van der Waals surface area contributed by atoms with E-state index in [2.05, 4.69) is 9.97 Å². The SMILES string of the molecule is CC(=CC#N)c1nccnc1C. The van der Waals surface area contributed by atoms with Crippen LogP contribution in [0, 0.1) is 18.3 Å². The fourth-order valence-electron chi connectivity index (χ4n) is 0.960. The minimum absolute atomic E-state index is 0.791. The second-order valence-electron chi connectivity index (χ2n) is 2.45. The van der Waals surface area contributed by atoms with Crippen molar-refractivity contribution in [3.63, 3.8) is 0 Å². The number of hydrogen-bond donors (Lipinski definition) is 0. The molecule has 0 aliphatic rings. The van der Waals surface area contributed by atoms with E-state index in [1.165, 1.54) is 6.08 Å². The van der Waals surface area contributed by atoms with E-state index < -0.39 is 0 Å². The summed E-state index contributed by atoms with van der Waals surface area (Å²) in [7, 11) is 0. The van der Waals surface area contributed by atoms with Crippen molar-refractivity contribution >= 4 is 5.57 Å². The molecule has 0 N–H and O–H groups in total. The van der Waals surface area contributed by atoms with Gasteiger partial charge in [0.25, 0.3) is 0 Å². The minimum Gasteiger partial charge on any atom is -0.258 e. The Bertz CT molecular complexity index is 347. The lowest BCUT2D eigenvalue weighted by molar-refractivity contribution is 1.09. The Morgan fingerprint density at radius 2 is 2.17 bits per heavy atom. The molecule has 0 bridgehead atoms. The number of aryl methyl sites for hydroxylation is 1. The Kier molecular flexibility index (Phi) is 2.54. The molecule has 0 atom stereocenters. The van der Waals surface area contributed by atoms with Crippen molar-refractivity contribution in [3.8, 4) is 6.07 Å². The molecule has 12 heavy (non-hydrogen) atoms. The topological polar surface area (TPSA) is 49.6 Å². The minimum atomic E-state index is 0.791. The predicted octanol–water partition coefficient (Wildman–Crippen LogP) is 1.71. The number of allylic oxidation sites excluding steroid dienone is 2. The molecule has 0 aliphatic heterocycles. The molecular weight excluding hydrogens is 150 g/mol. The third-order valence-corrected chi connectivity index (χ3v) is 1.54.